The molecule has 0 aliphatic carbocycles. The summed E-state index contributed by atoms with van der Waals surface area (Å²) >= 11 is 0. The summed E-state index contributed by atoms with van der Waals surface area (Å²) in [5, 5.41) is 14.1. The number of hydrogen-bond donors (Lipinski definition) is 3. The smallest absolute Gasteiger partial charge is 0.408 e. The Morgan fingerprint density at radius 1 is 1.12 bits per heavy atom. The molecule has 1 aliphatic heterocycles. The molecular formula is C24H41Cl2N5O3. The van der Waals surface area contributed by atoms with Gasteiger partial charge in [-0.3, -0.25) is 10.2 Å². The number of carbonyl (C=O) groups is 2. The Kier molecular flexibility index (Phi) is 14.2. The fraction of sp³-hybridized carbons (Fsp3) is 0.625. The number of halogens is 2. The second-order valence-electron chi connectivity index (χ2n) is 9.59. The first-order valence-corrected chi connectivity index (χ1v) is 11.4. The van der Waals surface area contributed by atoms with Gasteiger partial charge in [-0.25, -0.2) is 4.79 Å². The van der Waals surface area contributed by atoms with Gasteiger partial charge in [0.1, 0.15) is 17.5 Å². The van der Waals surface area contributed by atoms with Crippen LogP contribution in [-0.2, 0) is 16.0 Å². The predicted molar refractivity (Wildman–Crippen MR) is 142 cm³/mol. The van der Waals surface area contributed by atoms with Crippen molar-refractivity contribution in [3.05, 3.63) is 35.4 Å². The molecule has 194 valence electrons. The molecule has 1 atom stereocenters. The molecule has 1 heterocycles. The summed E-state index contributed by atoms with van der Waals surface area (Å²) < 4.78 is 5.37. The fourth-order valence-corrected chi connectivity index (χ4v) is 3.56. The Balaban J connectivity index is 0.00000544. The summed E-state index contributed by atoms with van der Waals surface area (Å²) in [6, 6.07) is 6.89. The van der Waals surface area contributed by atoms with Crippen molar-refractivity contribution in [2.75, 3.05) is 40.3 Å². The predicted octanol–water partition coefficient (Wildman–Crippen LogP) is 3.46. The maximum atomic E-state index is 13.0. The van der Waals surface area contributed by atoms with E-state index in [1.807, 2.05) is 43.3 Å². The lowest BCUT2D eigenvalue weighted by Gasteiger charge is -2.26. The maximum absolute atomic E-state index is 13.0. The van der Waals surface area contributed by atoms with Gasteiger partial charge >= 0.3 is 6.09 Å². The van der Waals surface area contributed by atoms with Crippen LogP contribution in [0.3, 0.4) is 0 Å². The molecule has 1 unspecified atom stereocenters. The largest absolute Gasteiger partial charge is 0.444 e. The number of amides is 2. The summed E-state index contributed by atoms with van der Waals surface area (Å²) in [6.07, 6.45) is 2.73. The fourth-order valence-electron chi connectivity index (χ4n) is 3.56. The lowest BCUT2D eigenvalue weighted by Crippen LogP contribution is -2.50. The van der Waals surface area contributed by atoms with E-state index in [-0.39, 0.29) is 30.7 Å². The van der Waals surface area contributed by atoms with Crippen LogP contribution in [0.5, 0.6) is 0 Å². The number of rotatable bonds is 9. The van der Waals surface area contributed by atoms with Crippen LogP contribution in [-0.4, -0.2) is 79.6 Å². The number of alkyl carbamates (subject to hydrolysis) is 1. The third kappa shape index (κ3) is 11.4. The van der Waals surface area contributed by atoms with E-state index in [4.69, 9.17) is 10.1 Å². The standard InChI is InChI=1S/C24H39N5O3.2ClH/c1-24(2,3)32-23(31)27-20(22(30)29-15-6-7-16-29)17-18-9-11-19(12-10-18)21(25)26-13-8-14-28(4)5;;/h9-12,20H,6-8,13-17H2,1-5H3,(H2,25,26)(H,27,31);2*1H. The van der Waals surface area contributed by atoms with Crippen molar-refractivity contribution in [3.63, 3.8) is 0 Å². The molecule has 2 amide bonds. The number of likely N-dealkylation sites (tertiary alicyclic amines) is 1. The summed E-state index contributed by atoms with van der Waals surface area (Å²) in [6.45, 7) is 8.55. The van der Waals surface area contributed by atoms with Crippen molar-refractivity contribution >= 4 is 42.7 Å². The average molecular weight is 519 g/mol. The number of benzene rings is 1. The number of nitrogens with zero attached hydrogens (tertiary/aromatic N) is 2. The van der Waals surface area contributed by atoms with Crippen LogP contribution in [0.4, 0.5) is 4.79 Å². The van der Waals surface area contributed by atoms with E-state index in [9.17, 15) is 9.59 Å². The lowest BCUT2D eigenvalue weighted by atomic mass is 10.0. The molecule has 0 saturated carbocycles. The molecule has 1 aromatic rings. The summed E-state index contributed by atoms with van der Waals surface area (Å²) in [4.78, 5) is 29.3. The maximum Gasteiger partial charge on any atom is 0.408 e. The monoisotopic (exact) mass is 517 g/mol. The van der Waals surface area contributed by atoms with E-state index in [1.165, 1.54) is 0 Å². The van der Waals surface area contributed by atoms with Gasteiger partial charge in [-0.05, 0) is 66.2 Å². The zero-order chi connectivity index (χ0) is 23.7. The molecule has 10 heteroatoms. The van der Waals surface area contributed by atoms with Crippen LogP contribution in [0, 0.1) is 5.41 Å². The zero-order valence-corrected chi connectivity index (χ0v) is 22.6. The van der Waals surface area contributed by atoms with Crippen LogP contribution in [0.15, 0.2) is 24.3 Å². The van der Waals surface area contributed by atoms with E-state index < -0.39 is 17.7 Å². The van der Waals surface area contributed by atoms with Crippen LogP contribution >= 0.6 is 24.8 Å². The summed E-state index contributed by atoms with van der Waals surface area (Å²) in [5.74, 6) is 0.305. The van der Waals surface area contributed by atoms with Crippen molar-refractivity contribution in [2.24, 2.45) is 0 Å². The molecule has 0 spiro atoms. The van der Waals surface area contributed by atoms with Gasteiger partial charge < -0.3 is 25.2 Å². The second kappa shape index (κ2) is 15.1. The summed E-state index contributed by atoms with van der Waals surface area (Å²) in [7, 11) is 4.06. The van der Waals surface area contributed by atoms with Gasteiger partial charge in [0.25, 0.3) is 0 Å². The van der Waals surface area contributed by atoms with Gasteiger partial charge in [0.2, 0.25) is 5.91 Å². The minimum absolute atomic E-state index is 0. The van der Waals surface area contributed by atoms with E-state index >= 15 is 0 Å². The Labute approximate surface area is 216 Å². The first-order valence-electron chi connectivity index (χ1n) is 11.4. The van der Waals surface area contributed by atoms with Crippen molar-refractivity contribution in [1.29, 1.82) is 5.41 Å². The molecule has 0 aromatic heterocycles. The molecule has 8 nitrogen and oxygen atoms in total. The molecular weight excluding hydrogens is 477 g/mol. The van der Waals surface area contributed by atoms with E-state index in [1.54, 1.807) is 20.8 Å². The molecule has 3 N–H and O–H groups in total. The topological polar surface area (TPSA) is 97.8 Å². The van der Waals surface area contributed by atoms with E-state index in [2.05, 4.69) is 15.5 Å². The zero-order valence-electron chi connectivity index (χ0n) is 21.0. The van der Waals surface area contributed by atoms with Gasteiger partial charge in [-0.1, -0.05) is 24.3 Å². The highest BCUT2D eigenvalue weighted by Gasteiger charge is 2.29. The SMILES string of the molecule is CN(C)CCCNC(=N)c1ccc(CC(NC(=O)OC(C)(C)C)C(=O)N2CCCC2)cc1.Cl.Cl. The summed E-state index contributed by atoms with van der Waals surface area (Å²) in [5.41, 5.74) is 1.08. The van der Waals surface area contributed by atoms with E-state index in [0.29, 0.717) is 12.3 Å². The number of ether oxygens (including phenoxy) is 1. The third-order valence-corrected chi connectivity index (χ3v) is 5.17. The van der Waals surface area contributed by atoms with Gasteiger partial charge in [-0.2, -0.15) is 0 Å². The van der Waals surface area contributed by atoms with Crippen molar-refractivity contribution < 1.29 is 14.3 Å². The van der Waals surface area contributed by atoms with Crippen LogP contribution in [0.1, 0.15) is 51.2 Å². The highest BCUT2D eigenvalue weighted by atomic mass is 35.5. The Hall–Kier alpha value is -2.03. The van der Waals surface area contributed by atoms with Crippen LogP contribution in [0.2, 0.25) is 0 Å². The van der Waals surface area contributed by atoms with Crippen LogP contribution in [0.25, 0.3) is 0 Å². The molecule has 1 aliphatic rings. The highest BCUT2D eigenvalue weighted by Crippen LogP contribution is 2.14. The Morgan fingerprint density at radius 3 is 2.24 bits per heavy atom. The lowest BCUT2D eigenvalue weighted by molar-refractivity contribution is -0.132. The number of hydrogen-bond acceptors (Lipinski definition) is 5. The third-order valence-electron chi connectivity index (χ3n) is 5.17. The molecule has 1 fully saturated rings. The van der Waals surface area contributed by atoms with Crippen molar-refractivity contribution in [3.8, 4) is 0 Å². The second-order valence-corrected chi connectivity index (χ2v) is 9.59. The van der Waals surface area contributed by atoms with Crippen molar-refractivity contribution in [2.45, 2.75) is 58.1 Å². The highest BCUT2D eigenvalue weighted by molar-refractivity contribution is 5.96. The number of amidine groups is 1. The molecule has 0 bridgehead atoms. The molecule has 34 heavy (non-hydrogen) atoms. The van der Waals surface area contributed by atoms with Crippen molar-refractivity contribution in [1.82, 2.24) is 20.4 Å². The molecule has 2 rings (SSSR count). The number of nitrogens with one attached hydrogen (secondary N) is 3. The molecule has 0 radical (unpaired) electrons. The van der Waals surface area contributed by atoms with Gasteiger partial charge in [0.05, 0.1) is 0 Å². The molecule has 1 saturated heterocycles. The van der Waals surface area contributed by atoms with Gasteiger partial charge in [-0.15, -0.1) is 24.8 Å². The Bertz CT molecular complexity index is 776. The molecule has 1 aromatic carbocycles. The first-order chi connectivity index (χ1) is 15.0. The minimum Gasteiger partial charge on any atom is -0.444 e. The van der Waals surface area contributed by atoms with Crippen LogP contribution < -0.4 is 10.6 Å². The van der Waals surface area contributed by atoms with E-state index in [0.717, 1.165) is 56.6 Å². The average Bonchev–Trinajstić information content (AvgIpc) is 3.24. The quantitative estimate of drug-likeness (QED) is 0.264. The normalized spacial score (nSPS) is 14.0. The van der Waals surface area contributed by atoms with Gasteiger partial charge in [0, 0.05) is 31.6 Å². The number of carbonyl (C=O) groups excluding carboxylic acids is 2. The minimum atomic E-state index is -0.683. The Morgan fingerprint density at radius 2 is 1.71 bits per heavy atom. The first kappa shape index (κ1) is 32.0. The van der Waals surface area contributed by atoms with Gasteiger partial charge in [0.15, 0.2) is 0 Å².